The molecule has 0 bridgehead atoms. The molecule has 0 aliphatic carbocycles. The average molecular weight is 271 g/mol. The summed E-state index contributed by atoms with van der Waals surface area (Å²) in [4.78, 5) is 12.0. The minimum Gasteiger partial charge on any atom is -0.459 e. The molecule has 5 nitrogen and oxygen atoms in total. The first-order valence-corrected chi connectivity index (χ1v) is 7.02. The summed E-state index contributed by atoms with van der Waals surface area (Å²) in [6.07, 6.45) is 2.49. The van der Waals surface area contributed by atoms with Gasteiger partial charge < -0.3 is 19.9 Å². The monoisotopic (exact) mass is 271 g/mol. The van der Waals surface area contributed by atoms with Gasteiger partial charge in [-0.1, -0.05) is 0 Å². The van der Waals surface area contributed by atoms with Crippen molar-refractivity contribution in [1.29, 1.82) is 0 Å². The number of ether oxygens (including phenoxy) is 3. The van der Waals surface area contributed by atoms with E-state index in [-0.39, 0.29) is 17.5 Å². The molecule has 3 unspecified atom stereocenters. The van der Waals surface area contributed by atoms with Crippen molar-refractivity contribution in [2.75, 3.05) is 19.8 Å². The lowest BCUT2D eigenvalue weighted by atomic mass is 9.81. The van der Waals surface area contributed by atoms with Gasteiger partial charge in [0.2, 0.25) is 0 Å². The molecule has 0 aromatic rings. The quantitative estimate of drug-likeness (QED) is 0.765. The number of hydrogen-bond donors (Lipinski definition) is 1. The van der Waals surface area contributed by atoms with E-state index in [1.54, 1.807) is 0 Å². The maximum Gasteiger partial charge on any atom is 0.323 e. The Balaban J connectivity index is 1.95. The summed E-state index contributed by atoms with van der Waals surface area (Å²) in [5.41, 5.74) is 5.37. The number of carbonyl (C=O) groups excluding carboxylic acids is 1. The Morgan fingerprint density at radius 3 is 2.74 bits per heavy atom. The van der Waals surface area contributed by atoms with Crippen LogP contribution in [0.3, 0.4) is 0 Å². The minimum absolute atomic E-state index is 0.116. The zero-order chi connectivity index (χ0) is 14.1. The molecular formula is C14H25NO4. The third-order valence-corrected chi connectivity index (χ3v) is 3.79. The fourth-order valence-corrected chi connectivity index (χ4v) is 2.80. The maximum absolute atomic E-state index is 12.0. The van der Waals surface area contributed by atoms with Gasteiger partial charge in [-0.25, -0.2) is 0 Å². The van der Waals surface area contributed by atoms with E-state index < -0.39 is 11.6 Å². The van der Waals surface area contributed by atoms with Crippen LogP contribution in [0, 0.1) is 5.92 Å². The Hall–Kier alpha value is -0.650. The van der Waals surface area contributed by atoms with Crippen molar-refractivity contribution < 1.29 is 19.0 Å². The lowest BCUT2D eigenvalue weighted by Crippen LogP contribution is -2.49. The van der Waals surface area contributed by atoms with E-state index >= 15 is 0 Å². The molecule has 2 fully saturated rings. The van der Waals surface area contributed by atoms with E-state index in [0.29, 0.717) is 13.2 Å². The van der Waals surface area contributed by atoms with Gasteiger partial charge in [0.05, 0.1) is 12.2 Å². The zero-order valence-electron chi connectivity index (χ0n) is 12.1. The van der Waals surface area contributed by atoms with E-state index in [1.165, 1.54) is 0 Å². The van der Waals surface area contributed by atoms with Crippen molar-refractivity contribution in [1.82, 2.24) is 0 Å². The van der Waals surface area contributed by atoms with Crippen LogP contribution in [0.25, 0.3) is 0 Å². The van der Waals surface area contributed by atoms with Crippen LogP contribution < -0.4 is 5.73 Å². The van der Waals surface area contributed by atoms with Gasteiger partial charge in [-0.15, -0.1) is 0 Å². The highest BCUT2D eigenvalue weighted by atomic mass is 16.6. The van der Waals surface area contributed by atoms with Crippen molar-refractivity contribution in [2.45, 2.75) is 57.3 Å². The highest BCUT2D eigenvalue weighted by molar-refractivity contribution is 5.76. The third-order valence-electron chi connectivity index (χ3n) is 3.79. The molecule has 2 heterocycles. The smallest absolute Gasteiger partial charge is 0.323 e. The van der Waals surface area contributed by atoms with Gasteiger partial charge in [0, 0.05) is 19.6 Å². The predicted molar refractivity (Wildman–Crippen MR) is 70.7 cm³/mol. The minimum atomic E-state index is -0.569. The fourth-order valence-electron chi connectivity index (χ4n) is 2.80. The van der Waals surface area contributed by atoms with E-state index in [1.807, 2.05) is 20.8 Å². The van der Waals surface area contributed by atoms with Gasteiger partial charge in [0.1, 0.15) is 11.6 Å². The second kappa shape index (κ2) is 5.38. The topological polar surface area (TPSA) is 70.8 Å². The van der Waals surface area contributed by atoms with Gasteiger partial charge in [-0.2, -0.15) is 0 Å². The lowest BCUT2D eigenvalue weighted by Gasteiger charge is -2.39. The van der Waals surface area contributed by atoms with Gasteiger partial charge in [0.15, 0.2) is 0 Å². The number of hydrogen-bond acceptors (Lipinski definition) is 5. The van der Waals surface area contributed by atoms with Crippen LogP contribution in [0.2, 0.25) is 0 Å². The van der Waals surface area contributed by atoms with Crippen LogP contribution >= 0.6 is 0 Å². The molecule has 0 aromatic carbocycles. The van der Waals surface area contributed by atoms with Gasteiger partial charge in [-0.05, 0) is 39.5 Å². The van der Waals surface area contributed by atoms with E-state index in [0.717, 1.165) is 25.9 Å². The second-order valence-electron chi connectivity index (χ2n) is 6.65. The number of esters is 1. The first-order valence-electron chi connectivity index (χ1n) is 7.02. The Bertz CT molecular complexity index is 331. The van der Waals surface area contributed by atoms with Crippen LogP contribution in [-0.2, 0) is 19.0 Å². The Morgan fingerprint density at radius 2 is 2.16 bits per heavy atom. The number of nitrogens with two attached hydrogens (primary N) is 1. The summed E-state index contributed by atoms with van der Waals surface area (Å²) < 4.78 is 16.6. The first kappa shape index (κ1) is 14.8. The van der Waals surface area contributed by atoms with Gasteiger partial charge >= 0.3 is 5.97 Å². The Morgan fingerprint density at radius 1 is 1.42 bits per heavy atom. The van der Waals surface area contributed by atoms with E-state index in [2.05, 4.69) is 0 Å². The van der Waals surface area contributed by atoms with Gasteiger partial charge in [-0.3, -0.25) is 4.79 Å². The standard InChI is InChI=1S/C14H25NO4/c1-13(2,3)19-12(16)11(15)10-4-6-18-14(8-10)5-7-17-9-14/h10-11H,4-9,15H2,1-3H3. The third kappa shape index (κ3) is 3.68. The SMILES string of the molecule is CC(C)(C)OC(=O)C(N)C1CCOC2(CCOC2)C1. The fraction of sp³-hybridized carbons (Fsp3) is 0.929. The summed E-state index contributed by atoms with van der Waals surface area (Å²) in [6.45, 7) is 7.55. The van der Waals surface area contributed by atoms with Crippen molar-refractivity contribution in [3.63, 3.8) is 0 Å². The zero-order valence-corrected chi connectivity index (χ0v) is 12.1. The van der Waals surface area contributed by atoms with Crippen LogP contribution in [0.1, 0.15) is 40.0 Å². The molecule has 0 amide bonds. The van der Waals surface area contributed by atoms with Crippen LogP contribution in [-0.4, -0.2) is 43.0 Å². The van der Waals surface area contributed by atoms with Crippen molar-refractivity contribution in [3.05, 3.63) is 0 Å². The van der Waals surface area contributed by atoms with Crippen LogP contribution in [0.5, 0.6) is 0 Å². The van der Waals surface area contributed by atoms with Crippen molar-refractivity contribution in [3.8, 4) is 0 Å². The summed E-state index contributed by atoms with van der Waals surface area (Å²) in [5, 5.41) is 0. The molecule has 0 saturated carbocycles. The van der Waals surface area contributed by atoms with Crippen LogP contribution in [0.4, 0.5) is 0 Å². The molecule has 2 aliphatic rings. The Labute approximate surface area is 114 Å². The van der Waals surface area contributed by atoms with Crippen LogP contribution in [0.15, 0.2) is 0 Å². The van der Waals surface area contributed by atoms with Crippen molar-refractivity contribution in [2.24, 2.45) is 11.7 Å². The summed E-state index contributed by atoms with van der Waals surface area (Å²) in [5.74, 6) is -0.196. The largest absolute Gasteiger partial charge is 0.459 e. The Kier molecular flexibility index (Phi) is 4.18. The number of rotatable bonds is 2. The summed E-state index contributed by atoms with van der Waals surface area (Å²) >= 11 is 0. The highest BCUT2D eigenvalue weighted by Crippen LogP contribution is 2.37. The molecule has 0 radical (unpaired) electrons. The highest BCUT2D eigenvalue weighted by Gasteiger charge is 2.44. The van der Waals surface area contributed by atoms with E-state index in [9.17, 15) is 4.79 Å². The molecule has 2 saturated heterocycles. The molecule has 2 aliphatic heterocycles. The molecular weight excluding hydrogens is 246 g/mol. The lowest BCUT2D eigenvalue weighted by molar-refractivity contribution is -0.161. The second-order valence-corrected chi connectivity index (χ2v) is 6.65. The molecule has 19 heavy (non-hydrogen) atoms. The number of carbonyl (C=O) groups is 1. The van der Waals surface area contributed by atoms with Gasteiger partial charge in [0.25, 0.3) is 0 Å². The molecule has 110 valence electrons. The normalized spacial score (nSPS) is 33.4. The summed E-state index contributed by atoms with van der Waals surface area (Å²) in [6, 6.07) is -0.569. The molecule has 2 rings (SSSR count). The average Bonchev–Trinajstić information content (AvgIpc) is 2.74. The summed E-state index contributed by atoms with van der Waals surface area (Å²) in [7, 11) is 0. The predicted octanol–water partition coefficient (Wildman–Crippen LogP) is 1.24. The molecule has 2 N–H and O–H groups in total. The maximum atomic E-state index is 12.0. The molecule has 3 atom stereocenters. The van der Waals surface area contributed by atoms with Crippen molar-refractivity contribution >= 4 is 5.97 Å². The molecule has 1 spiro atoms. The van der Waals surface area contributed by atoms with E-state index in [4.69, 9.17) is 19.9 Å². The molecule has 0 aromatic heterocycles. The first-order chi connectivity index (χ1) is 8.81. The molecule has 5 heteroatoms.